The van der Waals surface area contributed by atoms with Crippen molar-refractivity contribution in [2.75, 3.05) is 21.3 Å². The lowest BCUT2D eigenvalue weighted by Gasteiger charge is -2.24. The van der Waals surface area contributed by atoms with E-state index >= 15 is 0 Å². The molecule has 0 fully saturated rings. The molecule has 3 aromatic rings. The first-order valence-corrected chi connectivity index (χ1v) is 16.8. The van der Waals surface area contributed by atoms with Gasteiger partial charge in [0, 0.05) is 0 Å². The molecule has 0 bridgehead atoms. The lowest BCUT2D eigenvalue weighted by atomic mass is 10.2. The van der Waals surface area contributed by atoms with Gasteiger partial charge >= 0.3 is 0 Å². The summed E-state index contributed by atoms with van der Waals surface area (Å²) in [6.45, 7) is 4.57. The van der Waals surface area contributed by atoms with Gasteiger partial charge in [0.05, 0.1) is 21.3 Å². The molecule has 3 aromatic carbocycles. The van der Waals surface area contributed by atoms with Crippen molar-refractivity contribution in [3.8, 4) is 17.2 Å². The van der Waals surface area contributed by atoms with Gasteiger partial charge in [-0.3, -0.25) is 13.7 Å². The highest BCUT2D eigenvalue weighted by molar-refractivity contribution is 7.87. The molecule has 218 valence electrons. The van der Waals surface area contributed by atoms with E-state index in [9.17, 15) is 38.9 Å². The van der Waals surface area contributed by atoms with Crippen molar-refractivity contribution in [2.24, 2.45) is 0 Å². The Labute approximate surface area is 233 Å². The molecule has 3 rings (SSSR count). The Morgan fingerprint density at radius 1 is 0.500 bits per heavy atom. The smallest absolute Gasteiger partial charge is 0.298 e. The van der Waals surface area contributed by atoms with E-state index in [0.29, 0.717) is 16.7 Å². The monoisotopic (exact) mass is 634 g/mol. The number of rotatable bonds is 9. The molecule has 0 amide bonds. The van der Waals surface area contributed by atoms with Crippen LogP contribution in [0.2, 0.25) is 0 Å². The van der Waals surface area contributed by atoms with Crippen LogP contribution in [0.25, 0.3) is 0 Å². The standard InChI is InChI=1S/C24H27O12PS3/c1-13-7-16(10-19(22(13)34-4)38(25,26)27)37(17-8-14(2)23(35-5)20(11-17)39(28,29)30)18-9-15(3)24(36-6)21(12-18)40(31,32)33/h7-12H,1-6H3,(H,25,26,27)(H,28,29,30)(H,31,32,33). The average molecular weight is 635 g/mol. The summed E-state index contributed by atoms with van der Waals surface area (Å²) in [5.41, 5.74) is 0.877. The number of aryl methyl sites for hydroxylation is 3. The minimum absolute atomic E-state index is 0.129. The van der Waals surface area contributed by atoms with Crippen LogP contribution < -0.4 is 30.1 Å². The van der Waals surface area contributed by atoms with E-state index in [2.05, 4.69) is 0 Å². The minimum atomic E-state index is -4.82. The minimum Gasteiger partial charge on any atom is -0.495 e. The lowest BCUT2D eigenvalue weighted by Crippen LogP contribution is -2.25. The molecule has 0 atom stereocenters. The summed E-state index contributed by atoms with van der Waals surface area (Å²) in [5, 5.41) is 0.702. The highest BCUT2D eigenvalue weighted by Crippen LogP contribution is 2.41. The second-order valence-electron chi connectivity index (χ2n) is 8.64. The summed E-state index contributed by atoms with van der Waals surface area (Å²) in [6, 6.07) is 8.01. The number of benzene rings is 3. The van der Waals surface area contributed by atoms with Crippen molar-refractivity contribution in [2.45, 2.75) is 35.5 Å². The Kier molecular flexibility index (Phi) is 8.92. The van der Waals surface area contributed by atoms with Gasteiger partial charge in [-0.1, -0.05) is 0 Å². The molecule has 0 heterocycles. The molecule has 16 heteroatoms. The van der Waals surface area contributed by atoms with Gasteiger partial charge in [-0.2, -0.15) is 25.3 Å². The zero-order valence-corrected chi connectivity index (χ0v) is 25.5. The molecule has 0 saturated carbocycles. The van der Waals surface area contributed by atoms with Gasteiger partial charge in [0.2, 0.25) is 0 Å². The van der Waals surface area contributed by atoms with Crippen molar-refractivity contribution in [3.63, 3.8) is 0 Å². The Morgan fingerprint density at radius 3 is 0.900 bits per heavy atom. The van der Waals surface area contributed by atoms with Crippen molar-refractivity contribution in [1.82, 2.24) is 0 Å². The molecule has 0 saturated heterocycles. The Hall–Kier alpha value is -2.78. The van der Waals surface area contributed by atoms with Gasteiger partial charge in [0.15, 0.2) is 0 Å². The largest absolute Gasteiger partial charge is 0.495 e. The topological polar surface area (TPSA) is 191 Å². The normalized spacial score (nSPS) is 12.4. The molecule has 0 aliphatic rings. The number of methoxy groups -OCH3 is 3. The molecule has 0 aromatic heterocycles. The molecule has 0 spiro atoms. The SMILES string of the molecule is COc1c(C)cc(P(c2cc(C)c(OC)c(S(=O)(=O)O)c2)c2cc(C)c(OC)c(S(=O)(=O)O)c2)cc1S(=O)(=O)O. The predicted octanol–water partition coefficient (Wildman–Crippen LogP) is 2.14. The summed E-state index contributed by atoms with van der Waals surface area (Å²) in [4.78, 5) is -1.71. The molecule has 40 heavy (non-hydrogen) atoms. The van der Waals surface area contributed by atoms with Gasteiger partial charge in [0.1, 0.15) is 31.9 Å². The Balaban J connectivity index is 2.57. The first-order chi connectivity index (χ1) is 18.3. The molecule has 0 aliphatic carbocycles. The fraction of sp³-hybridized carbons (Fsp3) is 0.250. The van der Waals surface area contributed by atoms with E-state index in [1.54, 1.807) is 18.2 Å². The Morgan fingerprint density at radius 2 is 0.725 bits per heavy atom. The van der Waals surface area contributed by atoms with Crippen molar-refractivity contribution in [1.29, 1.82) is 0 Å². The second-order valence-corrected chi connectivity index (χ2v) is 15.0. The number of ether oxygens (including phenoxy) is 3. The van der Waals surface area contributed by atoms with Crippen LogP contribution in [-0.2, 0) is 30.4 Å². The summed E-state index contributed by atoms with van der Waals surface area (Å²) < 4.78 is 119. The molecule has 3 N–H and O–H groups in total. The lowest BCUT2D eigenvalue weighted by molar-refractivity contribution is 0.394. The van der Waals surface area contributed by atoms with Crippen LogP contribution in [0.3, 0.4) is 0 Å². The quantitative estimate of drug-likeness (QED) is 0.230. The van der Waals surface area contributed by atoms with Gasteiger partial charge < -0.3 is 14.2 Å². The second kappa shape index (κ2) is 11.2. The van der Waals surface area contributed by atoms with Gasteiger partial charge in [-0.05, 0) is 97.7 Å². The molecular weight excluding hydrogens is 607 g/mol. The van der Waals surface area contributed by atoms with E-state index in [4.69, 9.17) is 14.2 Å². The van der Waals surface area contributed by atoms with Crippen LogP contribution in [0.5, 0.6) is 17.2 Å². The highest BCUT2D eigenvalue weighted by Gasteiger charge is 2.30. The molecule has 0 unspecified atom stereocenters. The van der Waals surface area contributed by atoms with Crippen LogP contribution in [0.15, 0.2) is 51.1 Å². The predicted molar refractivity (Wildman–Crippen MR) is 148 cm³/mol. The number of hydrogen-bond acceptors (Lipinski definition) is 9. The zero-order chi connectivity index (χ0) is 30.4. The van der Waals surface area contributed by atoms with Gasteiger partial charge in [-0.15, -0.1) is 0 Å². The Bertz CT molecular complexity index is 1600. The first kappa shape index (κ1) is 31.7. The molecule has 12 nitrogen and oxygen atoms in total. The zero-order valence-electron chi connectivity index (χ0n) is 22.2. The maximum absolute atomic E-state index is 12.3. The van der Waals surface area contributed by atoms with E-state index in [1.807, 2.05) is 0 Å². The maximum atomic E-state index is 12.3. The van der Waals surface area contributed by atoms with Crippen LogP contribution in [0.4, 0.5) is 0 Å². The van der Waals surface area contributed by atoms with Crippen LogP contribution >= 0.6 is 7.92 Å². The van der Waals surface area contributed by atoms with Crippen LogP contribution in [-0.4, -0.2) is 60.2 Å². The van der Waals surface area contributed by atoms with Crippen LogP contribution in [0.1, 0.15) is 16.7 Å². The highest BCUT2D eigenvalue weighted by atomic mass is 32.2. The fourth-order valence-corrected chi connectivity index (χ4v) is 9.53. The molecular formula is C24H27O12PS3. The summed E-state index contributed by atoms with van der Waals surface area (Å²) in [7, 11) is -12.8. The van der Waals surface area contributed by atoms with E-state index in [-0.39, 0.29) is 33.2 Å². The van der Waals surface area contributed by atoms with Crippen molar-refractivity contribution in [3.05, 3.63) is 53.1 Å². The van der Waals surface area contributed by atoms with Gasteiger partial charge in [-0.25, -0.2) is 0 Å². The van der Waals surface area contributed by atoms with E-state index < -0.39 is 53.0 Å². The fourth-order valence-electron chi connectivity index (χ4n) is 4.36. The third-order valence-electron chi connectivity index (χ3n) is 5.90. The van der Waals surface area contributed by atoms with E-state index in [1.165, 1.54) is 42.1 Å². The molecule has 0 radical (unpaired) electrons. The van der Waals surface area contributed by atoms with Crippen LogP contribution in [0, 0.1) is 20.8 Å². The molecule has 0 aliphatic heterocycles. The average Bonchev–Trinajstić information content (AvgIpc) is 2.81. The third-order valence-corrected chi connectivity index (χ3v) is 10.8. The summed E-state index contributed by atoms with van der Waals surface area (Å²) in [6.07, 6.45) is 0. The van der Waals surface area contributed by atoms with Crippen molar-refractivity contribution < 1.29 is 53.1 Å². The third kappa shape index (κ3) is 6.25. The maximum Gasteiger partial charge on any atom is 0.298 e. The van der Waals surface area contributed by atoms with E-state index in [0.717, 1.165) is 18.2 Å². The van der Waals surface area contributed by atoms with Gasteiger partial charge in [0.25, 0.3) is 30.4 Å². The summed E-state index contributed by atoms with van der Waals surface area (Å²) >= 11 is 0. The van der Waals surface area contributed by atoms with Crippen molar-refractivity contribution >= 4 is 54.2 Å². The summed E-state index contributed by atoms with van der Waals surface area (Å²) in [5.74, 6) is -0.388. The number of hydrogen-bond donors (Lipinski definition) is 3. The first-order valence-electron chi connectivity index (χ1n) is 11.1.